The Balaban J connectivity index is 1.47. The van der Waals surface area contributed by atoms with E-state index in [4.69, 9.17) is 36.5 Å². The molecule has 13 heteroatoms. The van der Waals surface area contributed by atoms with E-state index in [1.807, 2.05) is 17.9 Å². The van der Waals surface area contributed by atoms with Gasteiger partial charge >= 0.3 is 6.01 Å². The first-order valence-electron chi connectivity index (χ1n) is 14.2. The highest BCUT2D eigenvalue weighted by atomic mass is 35.5. The first-order valence-corrected chi connectivity index (χ1v) is 15.4. The molecule has 2 aromatic carbocycles. The molecule has 0 aliphatic carbocycles. The predicted octanol–water partition coefficient (Wildman–Crippen LogP) is 5.60. The number of nitrogens with zero attached hydrogens (tertiary/aromatic N) is 5. The molecule has 2 fully saturated rings. The summed E-state index contributed by atoms with van der Waals surface area (Å²) in [4.78, 5) is 13.7. The van der Waals surface area contributed by atoms with Crippen LogP contribution in [0.15, 0.2) is 12.1 Å². The molecule has 224 valence electrons. The third-order valence-electron chi connectivity index (χ3n) is 8.64. The summed E-state index contributed by atoms with van der Waals surface area (Å²) >= 11 is 7.90. The maximum atomic E-state index is 16.9. The molecule has 0 unspecified atom stereocenters. The molecule has 0 bridgehead atoms. The lowest BCUT2D eigenvalue weighted by atomic mass is 9.96. The smallest absolute Gasteiger partial charge is 0.319 e. The van der Waals surface area contributed by atoms with E-state index in [9.17, 15) is 9.65 Å². The zero-order valence-corrected chi connectivity index (χ0v) is 25.2. The Hall–Kier alpha value is -3.50. The van der Waals surface area contributed by atoms with Gasteiger partial charge in [-0.25, -0.2) is 8.78 Å². The van der Waals surface area contributed by atoms with Gasteiger partial charge in [0.05, 0.1) is 40.4 Å². The summed E-state index contributed by atoms with van der Waals surface area (Å²) in [7, 11) is 2.06. The van der Waals surface area contributed by atoms with Gasteiger partial charge in [0.2, 0.25) is 0 Å². The fourth-order valence-corrected chi connectivity index (χ4v) is 7.70. The Labute approximate surface area is 255 Å². The van der Waals surface area contributed by atoms with Gasteiger partial charge in [-0.1, -0.05) is 17.7 Å². The van der Waals surface area contributed by atoms with E-state index in [-0.39, 0.29) is 72.8 Å². The number of benzene rings is 2. The summed E-state index contributed by atoms with van der Waals surface area (Å²) in [6.45, 7) is 5.58. The number of ether oxygens (including phenoxy) is 3. The average molecular weight is 627 g/mol. The maximum Gasteiger partial charge on any atom is 0.319 e. The fourth-order valence-electron chi connectivity index (χ4n) is 6.41. The molecular formula is C30H29ClF2N6O3S. The van der Waals surface area contributed by atoms with Crippen LogP contribution in [0.1, 0.15) is 25.3 Å². The number of fused-ring (bicyclic) bond motifs is 1. The van der Waals surface area contributed by atoms with Crippen molar-refractivity contribution in [3.05, 3.63) is 34.4 Å². The summed E-state index contributed by atoms with van der Waals surface area (Å²) in [6.07, 6.45) is 1.80. The Kier molecular flexibility index (Phi) is 7.16. The number of likely N-dealkylation sites (tertiary alicyclic amines) is 1. The highest BCUT2D eigenvalue weighted by Gasteiger charge is 2.34. The van der Waals surface area contributed by atoms with Crippen LogP contribution >= 0.6 is 22.9 Å². The largest absolute Gasteiger partial charge is 0.489 e. The van der Waals surface area contributed by atoms with Crippen LogP contribution in [-0.2, 0) is 4.74 Å². The molecule has 3 aliphatic rings. The van der Waals surface area contributed by atoms with Gasteiger partial charge in [0.1, 0.15) is 40.9 Å². The molecule has 0 radical (unpaired) electrons. The number of hydrogen-bond donors (Lipinski definition) is 1. The summed E-state index contributed by atoms with van der Waals surface area (Å²) in [5.74, 6) is -0.319. The van der Waals surface area contributed by atoms with Crippen LogP contribution in [0.25, 0.3) is 32.1 Å². The van der Waals surface area contributed by atoms with Crippen LogP contribution in [-0.4, -0.2) is 73.5 Å². The lowest BCUT2D eigenvalue weighted by Gasteiger charge is -2.32. The Bertz CT molecular complexity index is 1810. The van der Waals surface area contributed by atoms with Gasteiger partial charge < -0.3 is 24.8 Å². The van der Waals surface area contributed by atoms with Crippen LogP contribution < -0.4 is 20.1 Å². The lowest BCUT2D eigenvalue weighted by Crippen LogP contribution is -2.41. The van der Waals surface area contributed by atoms with Crippen molar-refractivity contribution in [3.63, 3.8) is 0 Å². The van der Waals surface area contributed by atoms with E-state index in [0.29, 0.717) is 43.4 Å². The minimum Gasteiger partial charge on any atom is -0.489 e. The van der Waals surface area contributed by atoms with E-state index < -0.39 is 11.6 Å². The zero-order valence-electron chi connectivity index (χ0n) is 23.6. The molecule has 4 aromatic rings. The number of likely N-dealkylation sites (N-methyl/N-ethyl adjacent to an activating group) is 1. The number of nitrogen functional groups attached to an aromatic ring is 1. The SMILES string of the molecule is C[C@H](Oc1nc2c3c(c(Cl)c(-c4ccc(F)c5sc(N)c(C#N)c45)c(F)c3n1)OCCN2CC1COC1)[C@@H]1CCCN1C. The molecule has 0 spiro atoms. The van der Waals surface area contributed by atoms with E-state index in [0.717, 1.165) is 30.7 Å². The highest BCUT2D eigenvalue weighted by Crippen LogP contribution is 2.50. The number of hydrogen-bond acceptors (Lipinski definition) is 10. The molecule has 0 saturated carbocycles. The second-order valence-electron chi connectivity index (χ2n) is 11.3. The molecule has 3 aliphatic heterocycles. The fraction of sp³-hybridized carbons (Fsp3) is 0.433. The van der Waals surface area contributed by atoms with Gasteiger partial charge in [-0.15, -0.1) is 11.3 Å². The topological polar surface area (TPSA) is 110 Å². The number of anilines is 2. The number of halogens is 3. The van der Waals surface area contributed by atoms with E-state index in [1.54, 1.807) is 0 Å². The van der Waals surface area contributed by atoms with Gasteiger partial charge in [0.25, 0.3) is 0 Å². The molecule has 7 rings (SSSR count). The third kappa shape index (κ3) is 4.61. The van der Waals surface area contributed by atoms with Gasteiger partial charge in [0, 0.05) is 29.5 Å². The second kappa shape index (κ2) is 10.9. The molecule has 43 heavy (non-hydrogen) atoms. The molecule has 0 amide bonds. The predicted molar refractivity (Wildman–Crippen MR) is 162 cm³/mol. The Morgan fingerprint density at radius 3 is 2.77 bits per heavy atom. The van der Waals surface area contributed by atoms with Crippen LogP contribution in [0, 0.1) is 28.9 Å². The molecular weight excluding hydrogens is 598 g/mol. The molecule has 2 atom stereocenters. The minimum absolute atomic E-state index is 0.0140. The van der Waals surface area contributed by atoms with Gasteiger partial charge in [-0.05, 0) is 45.0 Å². The number of nitriles is 1. The quantitative estimate of drug-likeness (QED) is 0.292. The van der Waals surface area contributed by atoms with Crippen molar-refractivity contribution in [1.82, 2.24) is 14.9 Å². The first-order chi connectivity index (χ1) is 20.8. The number of rotatable bonds is 6. The lowest BCUT2D eigenvalue weighted by molar-refractivity contribution is -0.0278. The molecule has 9 nitrogen and oxygen atoms in total. The van der Waals surface area contributed by atoms with Crippen molar-refractivity contribution in [3.8, 4) is 29.0 Å². The van der Waals surface area contributed by atoms with E-state index in [1.165, 1.54) is 12.1 Å². The third-order valence-corrected chi connectivity index (χ3v) is 10.0. The van der Waals surface area contributed by atoms with Crippen molar-refractivity contribution >= 4 is 54.7 Å². The normalized spacial score (nSPS) is 19.7. The minimum atomic E-state index is -0.748. The van der Waals surface area contributed by atoms with Crippen LogP contribution in [0.3, 0.4) is 0 Å². The molecule has 5 heterocycles. The number of nitrogens with two attached hydrogens (primary N) is 1. The molecule has 2 aromatic heterocycles. The summed E-state index contributed by atoms with van der Waals surface area (Å²) in [6, 6.07) is 4.89. The Morgan fingerprint density at radius 1 is 1.26 bits per heavy atom. The summed E-state index contributed by atoms with van der Waals surface area (Å²) < 4.78 is 49.9. The first kappa shape index (κ1) is 28.3. The highest BCUT2D eigenvalue weighted by molar-refractivity contribution is 7.23. The second-order valence-corrected chi connectivity index (χ2v) is 12.8. The van der Waals surface area contributed by atoms with Gasteiger partial charge in [-0.2, -0.15) is 15.2 Å². The monoisotopic (exact) mass is 626 g/mol. The zero-order chi connectivity index (χ0) is 30.0. The van der Waals surface area contributed by atoms with Crippen LogP contribution in [0.2, 0.25) is 5.02 Å². The van der Waals surface area contributed by atoms with Gasteiger partial charge in [0.15, 0.2) is 11.6 Å². The number of thiophene rings is 1. The van der Waals surface area contributed by atoms with Crippen LogP contribution in [0.4, 0.5) is 19.6 Å². The summed E-state index contributed by atoms with van der Waals surface area (Å²) in [5.41, 5.74) is 6.28. The van der Waals surface area contributed by atoms with E-state index >= 15 is 4.39 Å². The number of aromatic nitrogens is 2. The standard InChI is InChI=1S/C30H29ClF2N6O3S/c1-14(19-4-3-7-38(19)2)42-30-36-25-22-26(41-9-8-39(29(22)37-30)11-15-12-40-13-15)23(31)21(24(25)33)16-5-6-18(32)27-20(16)17(10-34)28(35)43-27/h5-6,14-15,19H,3-4,7-9,11-13,35H2,1-2H3/t14-,19-/m0/s1. The Morgan fingerprint density at radius 2 is 2.07 bits per heavy atom. The van der Waals surface area contributed by atoms with E-state index in [2.05, 4.69) is 16.9 Å². The van der Waals surface area contributed by atoms with Crippen molar-refractivity contribution in [2.75, 3.05) is 57.1 Å². The van der Waals surface area contributed by atoms with Crippen molar-refractivity contribution in [2.45, 2.75) is 31.9 Å². The van der Waals surface area contributed by atoms with Crippen molar-refractivity contribution < 1.29 is 23.0 Å². The molecule has 2 N–H and O–H groups in total. The van der Waals surface area contributed by atoms with Crippen molar-refractivity contribution in [2.24, 2.45) is 5.92 Å². The van der Waals surface area contributed by atoms with Crippen LogP contribution in [0.5, 0.6) is 11.8 Å². The maximum absolute atomic E-state index is 16.9. The molecule has 2 saturated heterocycles. The average Bonchev–Trinajstić information content (AvgIpc) is 3.49. The summed E-state index contributed by atoms with van der Waals surface area (Å²) in [5, 5.41) is 10.5. The van der Waals surface area contributed by atoms with Gasteiger partial charge in [-0.3, -0.25) is 4.90 Å². The van der Waals surface area contributed by atoms with Crippen molar-refractivity contribution in [1.29, 1.82) is 5.26 Å².